The molecule has 0 aliphatic heterocycles. The first kappa shape index (κ1) is 99.1. The second-order valence-corrected chi connectivity index (χ2v) is 32.9. The van der Waals surface area contributed by atoms with E-state index >= 15 is 0 Å². The number of rotatable bonds is 82. The van der Waals surface area contributed by atoms with E-state index in [9.17, 15) is 43.2 Å². The Morgan fingerprint density at radius 3 is 0.673 bits per heavy atom. The molecule has 0 amide bonds. The van der Waals surface area contributed by atoms with Gasteiger partial charge in [-0.3, -0.25) is 37.3 Å². The van der Waals surface area contributed by atoms with Crippen LogP contribution in [0.15, 0.2) is 0 Å². The van der Waals surface area contributed by atoms with Crippen LogP contribution in [0.5, 0.6) is 0 Å². The zero-order valence-electron chi connectivity index (χ0n) is 66.1. The largest absolute Gasteiger partial charge is 0.472 e. The Labute approximate surface area is 619 Å². The number of aliphatic hydroxyl groups excluding tert-OH is 1. The number of carbonyl (C=O) groups excluding carboxylic acids is 4. The summed E-state index contributed by atoms with van der Waals surface area (Å²) in [4.78, 5) is 73.1. The molecular weight excluding hydrogens is 1320 g/mol. The highest BCUT2D eigenvalue weighted by atomic mass is 31.2. The second kappa shape index (κ2) is 74.9. The van der Waals surface area contributed by atoms with Gasteiger partial charge in [0.1, 0.15) is 19.3 Å². The molecule has 0 spiro atoms. The van der Waals surface area contributed by atoms with E-state index in [2.05, 4.69) is 34.6 Å². The summed E-state index contributed by atoms with van der Waals surface area (Å²) in [5.74, 6) is -1.35. The van der Waals surface area contributed by atoms with Gasteiger partial charge in [0.25, 0.3) is 0 Å². The van der Waals surface area contributed by atoms with Crippen LogP contribution in [0.25, 0.3) is 0 Å². The van der Waals surface area contributed by atoms with E-state index in [-0.39, 0.29) is 25.7 Å². The molecule has 0 bridgehead atoms. The molecule has 0 fully saturated rings. The van der Waals surface area contributed by atoms with Crippen molar-refractivity contribution in [2.24, 2.45) is 5.92 Å². The summed E-state index contributed by atoms with van der Waals surface area (Å²) in [6.07, 6.45) is 66.5. The fraction of sp³-hybridized carbons (Fsp3) is 0.951. The van der Waals surface area contributed by atoms with Crippen LogP contribution in [0.1, 0.15) is 439 Å². The maximum atomic E-state index is 13.1. The van der Waals surface area contributed by atoms with Gasteiger partial charge in [0.15, 0.2) is 12.2 Å². The molecule has 3 N–H and O–H groups in total. The summed E-state index contributed by atoms with van der Waals surface area (Å²) >= 11 is 0. The average molecular weight is 1480 g/mol. The monoisotopic (exact) mass is 1480 g/mol. The lowest BCUT2D eigenvalue weighted by molar-refractivity contribution is -0.161. The van der Waals surface area contributed by atoms with E-state index in [1.807, 2.05) is 0 Å². The van der Waals surface area contributed by atoms with Gasteiger partial charge in [-0.25, -0.2) is 9.13 Å². The molecule has 0 aromatic rings. The zero-order chi connectivity index (χ0) is 74.1. The highest BCUT2D eigenvalue weighted by Crippen LogP contribution is 2.45. The van der Waals surface area contributed by atoms with Crippen molar-refractivity contribution in [2.45, 2.75) is 457 Å². The molecule has 19 heteroatoms. The fourth-order valence-electron chi connectivity index (χ4n) is 12.8. The zero-order valence-corrected chi connectivity index (χ0v) is 67.8. The number of hydrogen-bond acceptors (Lipinski definition) is 15. The lowest BCUT2D eigenvalue weighted by Gasteiger charge is -2.21. The molecular formula is C82H160O17P2. The molecule has 0 heterocycles. The van der Waals surface area contributed by atoms with Crippen LogP contribution in [0.4, 0.5) is 0 Å². The van der Waals surface area contributed by atoms with E-state index in [0.717, 1.165) is 95.8 Å². The molecule has 600 valence electrons. The van der Waals surface area contributed by atoms with Gasteiger partial charge in [-0.2, -0.15) is 0 Å². The summed E-state index contributed by atoms with van der Waals surface area (Å²) in [7, 11) is -9.92. The lowest BCUT2D eigenvalue weighted by atomic mass is 10.0. The molecule has 17 nitrogen and oxygen atoms in total. The molecule has 2 unspecified atom stereocenters. The summed E-state index contributed by atoms with van der Waals surface area (Å²) in [6.45, 7) is 7.34. The highest BCUT2D eigenvalue weighted by Gasteiger charge is 2.30. The quantitative estimate of drug-likeness (QED) is 0.0222. The van der Waals surface area contributed by atoms with Crippen LogP contribution < -0.4 is 0 Å². The molecule has 0 rings (SSSR count). The first-order valence-electron chi connectivity index (χ1n) is 42.6. The van der Waals surface area contributed by atoms with Gasteiger partial charge in [-0.15, -0.1) is 0 Å². The maximum Gasteiger partial charge on any atom is 0.472 e. The number of hydrogen-bond donors (Lipinski definition) is 3. The standard InChI is InChI=1S/C82H160O17P2/c1-6-9-12-15-18-21-24-27-29-31-32-33-35-38-41-47-52-57-62-67-81(86)98-77(71-93-80(85)66-61-56-51-46-40-37-34-30-28-25-22-19-16-13-10-7-2)73-96-100(88,89)94-69-76(83)70-95-101(90,91)97-74-78(99-82(87)68-63-58-53-48-43-42-44-49-54-59-64-75(4)5)72-92-79(84)65-60-55-50-45-39-36-26-23-20-17-14-11-8-3/h75-78,83H,6-74H2,1-5H3,(H,88,89)(H,90,91)/t76-,77-,78-/m1/s1. The predicted molar refractivity (Wildman–Crippen MR) is 414 cm³/mol. The van der Waals surface area contributed by atoms with Crippen LogP contribution in [0, 0.1) is 5.92 Å². The van der Waals surface area contributed by atoms with Crippen molar-refractivity contribution in [1.29, 1.82) is 0 Å². The normalized spacial score (nSPS) is 13.8. The topological polar surface area (TPSA) is 237 Å². The molecule has 0 radical (unpaired) electrons. The van der Waals surface area contributed by atoms with Crippen molar-refractivity contribution in [3.63, 3.8) is 0 Å². The lowest BCUT2D eigenvalue weighted by Crippen LogP contribution is -2.30. The first-order chi connectivity index (χ1) is 49.0. The molecule has 5 atom stereocenters. The van der Waals surface area contributed by atoms with Gasteiger partial charge in [0.05, 0.1) is 26.4 Å². The summed E-state index contributed by atoms with van der Waals surface area (Å²) in [6, 6.07) is 0. The molecule has 101 heavy (non-hydrogen) atoms. The fourth-order valence-corrected chi connectivity index (χ4v) is 14.3. The third-order valence-corrected chi connectivity index (χ3v) is 21.2. The predicted octanol–water partition coefficient (Wildman–Crippen LogP) is 24.8. The van der Waals surface area contributed by atoms with Gasteiger partial charge in [0.2, 0.25) is 0 Å². The van der Waals surface area contributed by atoms with Gasteiger partial charge >= 0.3 is 39.5 Å². The molecule has 0 aliphatic carbocycles. The van der Waals surface area contributed by atoms with Crippen molar-refractivity contribution in [3.05, 3.63) is 0 Å². The van der Waals surface area contributed by atoms with E-state index < -0.39 is 97.5 Å². The Balaban J connectivity index is 5.25. The Morgan fingerprint density at radius 2 is 0.455 bits per heavy atom. The summed E-state index contributed by atoms with van der Waals surface area (Å²) in [5, 5.41) is 10.7. The maximum absolute atomic E-state index is 13.1. The van der Waals surface area contributed by atoms with Crippen LogP contribution in [0.2, 0.25) is 0 Å². The van der Waals surface area contributed by atoms with Crippen LogP contribution in [-0.2, 0) is 65.4 Å². The van der Waals surface area contributed by atoms with Crippen LogP contribution in [-0.4, -0.2) is 96.7 Å². The summed E-state index contributed by atoms with van der Waals surface area (Å²) in [5.41, 5.74) is 0. The van der Waals surface area contributed by atoms with E-state index in [0.29, 0.717) is 25.7 Å². The Bertz CT molecular complexity index is 1930. The van der Waals surface area contributed by atoms with Crippen LogP contribution >= 0.6 is 15.6 Å². The van der Waals surface area contributed by atoms with Crippen molar-refractivity contribution in [2.75, 3.05) is 39.6 Å². The molecule has 0 aromatic carbocycles. The van der Waals surface area contributed by atoms with Crippen molar-refractivity contribution >= 4 is 39.5 Å². The van der Waals surface area contributed by atoms with Gasteiger partial charge in [0, 0.05) is 25.7 Å². The first-order valence-corrected chi connectivity index (χ1v) is 45.6. The SMILES string of the molecule is CCCCCCCCCCCCCCCCCCCCCC(=O)O[C@H](COC(=O)CCCCCCCCCCCCCCCCCC)COP(=O)(O)OC[C@@H](O)COP(=O)(O)OC[C@@H](COC(=O)CCCCCCCCCCCCCCC)OC(=O)CCCCCCCCCCCCC(C)C. The minimum absolute atomic E-state index is 0.107. The highest BCUT2D eigenvalue weighted by molar-refractivity contribution is 7.47. The molecule has 0 saturated carbocycles. The second-order valence-electron chi connectivity index (χ2n) is 30.0. The number of aliphatic hydroxyl groups is 1. The number of esters is 4. The Kier molecular flexibility index (Phi) is 73.5. The van der Waals surface area contributed by atoms with E-state index in [1.165, 1.54) is 263 Å². The Hall–Kier alpha value is -1.94. The van der Waals surface area contributed by atoms with Gasteiger partial charge in [-0.1, -0.05) is 388 Å². The third-order valence-electron chi connectivity index (χ3n) is 19.3. The number of phosphoric acid groups is 2. The van der Waals surface area contributed by atoms with Crippen molar-refractivity contribution in [3.8, 4) is 0 Å². The number of ether oxygens (including phenoxy) is 4. The smallest absolute Gasteiger partial charge is 0.462 e. The van der Waals surface area contributed by atoms with Crippen LogP contribution in [0.3, 0.4) is 0 Å². The summed E-state index contributed by atoms with van der Waals surface area (Å²) < 4.78 is 68.8. The number of carbonyl (C=O) groups is 4. The van der Waals surface area contributed by atoms with Crippen molar-refractivity contribution in [1.82, 2.24) is 0 Å². The van der Waals surface area contributed by atoms with Gasteiger partial charge in [-0.05, 0) is 31.6 Å². The molecule has 0 aliphatic rings. The third kappa shape index (κ3) is 76.1. The minimum atomic E-state index is -4.96. The van der Waals surface area contributed by atoms with Gasteiger partial charge < -0.3 is 33.8 Å². The average Bonchev–Trinajstić information content (AvgIpc) is 0.974. The number of unbranched alkanes of at least 4 members (excludes halogenated alkanes) is 54. The number of phosphoric ester groups is 2. The molecule has 0 aromatic heterocycles. The van der Waals surface area contributed by atoms with E-state index in [1.54, 1.807) is 0 Å². The van der Waals surface area contributed by atoms with Crippen molar-refractivity contribution < 1.29 is 80.2 Å². The molecule has 0 saturated heterocycles. The minimum Gasteiger partial charge on any atom is -0.462 e. The Morgan fingerprint density at radius 1 is 0.267 bits per heavy atom. The van der Waals surface area contributed by atoms with E-state index in [4.69, 9.17) is 37.0 Å².